The maximum Gasteiger partial charge on any atom is 0.220 e. The van der Waals surface area contributed by atoms with Gasteiger partial charge in [-0.2, -0.15) is 0 Å². The van der Waals surface area contributed by atoms with Crippen molar-refractivity contribution in [1.82, 2.24) is 20.6 Å². The number of ether oxygens (including phenoxy) is 1. The van der Waals surface area contributed by atoms with Gasteiger partial charge in [0.25, 0.3) is 0 Å². The Morgan fingerprint density at radius 3 is 2.51 bits per heavy atom. The van der Waals surface area contributed by atoms with Crippen molar-refractivity contribution in [2.45, 2.75) is 32.0 Å². The summed E-state index contributed by atoms with van der Waals surface area (Å²) in [7, 11) is 1.59. The number of hydrogen-bond donors (Lipinski definition) is 4. The third-order valence-electron chi connectivity index (χ3n) is 7.58. The molecule has 0 radical (unpaired) electrons. The summed E-state index contributed by atoms with van der Waals surface area (Å²) in [6.07, 6.45) is 3.15. The summed E-state index contributed by atoms with van der Waals surface area (Å²) in [6.45, 7) is 1.10. The molecule has 1 amide bonds. The summed E-state index contributed by atoms with van der Waals surface area (Å²) in [4.78, 5) is 21.5. The van der Waals surface area contributed by atoms with E-state index in [-0.39, 0.29) is 18.6 Å². The topological polar surface area (TPSA) is 122 Å². The molecule has 220 valence electrons. The Morgan fingerprint density at radius 2 is 1.81 bits per heavy atom. The summed E-state index contributed by atoms with van der Waals surface area (Å²) >= 11 is 15.5. The van der Waals surface area contributed by atoms with Crippen LogP contribution >= 0.6 is 34.5 Å². The van der Waals surface area contributed by atoms with Gasteiger partial charge < -0.3 is 26.2 Å². The molecule has 0 saturated carbocycles. The van der Waals surface area contributed by atoms with Gasteiger partial charge in [-0.3, -0.25) is 9.78 Å². The van der Waals surface area contributed by atoms with Crippen molar-refractivity contribution in [3.05, 3.63) is 81.3 Å². The van der Waals surface area contributed by atoms with Crippen LogP contribution in [0, 0.1) is 0 Å². The molecule has 11 heteroatoms. The first-order valence-corrected chi connectivity index (χ1v) is 15.3. The summed E-state index contributed by atoms with van der Waals surface area (Å²) < 4.78 is 6.50. The number of aliphatic hydroxyl groups excluding tert-OH is 1. The molecule has 1 unspecified atom stereocenters. The quantitative estimate of drug-likeness (QED) is 0.147. The average molecular weight is 635 g/mol. The van der Waals surface area contributed by atoms with Crippen LogP contribution < -0.4 is 21.1 Å². The maximum absolute atomic E-state index is 11.5. The number of carbonyl (C=O) groups excluding carboxylic acids is 1. The number of amides is 1. The van der Waals surface area contributed by atoms with Crippen molar-refractivity contribution >= 4 is 56.3 Å². The van der Waals surface area contributed by atoms with Crippen molar-refractivity contribution in [2.24, 2.45) is 0 Å². The summed E-state index contributed by atoms with van der Waals surface area (Å²) in [5, 5.41) is 17.0. The summed E-state index contributed by atoms with van der Waals surface area (Å²) in [5.74, 6) is 0.603. The van der Waals surface area contributed by atoms with E-state index < -0.39 is 0 Å². The highest BCUT2D eigenvalue weighted by molar-refractivity contribution is 7.19. The van der Waals surface area contributed by atoms with E-state index in [2.05, 4.69) is 15.6 Å². The number of halogens is 2. The lowest BCUT2D eigenvalue weighted by Crippen LogP contribution is -2.35. The third-order valence-corrected chi connectivity index (χ3v) is 9.52. The molecule has 8 nitrogen and oxygen atoms in total. The van der Waals surface area contributed by atoms with E-state index in [4.69, 9.17) is 38.7 Å². The zero-order valence-corrected chi connectivity index (χ0v) is 25.6. The largest absolute Gasteiger partial charge is 0.481 e. The molecule has 43 heavy (non-hydrogen) atoms. The molecule has 1 aliphatic heterocycles. The summed E-state index contributed by atoms with van der Waals surface area (Å²) in [6, 6.07) is 17.6. The lowest BCUT2D eigenvalue weighted by atomic mass is 9.97. The van der Waals surface area contributed by atoms with E-state index in [1.807, 2.05) is 54.6 Å². The molecular weight excluding hydrogens is 605 g/mol. The number of anilines is 1. The van der Waals surface area contributed by atoms with Gasteiger partial charge in [0.2, 0.25) is 11.8 Å². The fourth-order valence-electron chi connectivity index (χ4n) is 5.35. The SMILES string of the molecule is COc1nc(-c2cccc(-c3cccc(-c4cnc5c(N)c(CO)sc5c4)c3Cl)c2Cl)ccc1CNCC1CCC(=O)N1. The number of nitrogens with two attached hydrogens (primary N) is 1. The minimum Gasteiger partial charge on any atom is -0.481 e. The van der Waals surface area contributed by atoms with Crippen molar-refractivity contribution in [3.63, 3.8) is 0 Å². The first kappa shape index (κ1) is 29.3. The maximum atomic E-state index is 11.5. The highest BCUT2D eigenvalue weighted by atomic mass is 35.5. The Kier molecular flexibility index (Phi) is 8.52. The minimum atomic E-state index is -0.130. The Labute approximate surface area is 262 Å². The van der Waals surface area contributed by atoms with Gasteiger partial charge in [0.15, 0.2) is 0 Å². The smallest absolute Gasteiger partial charge is 0.220 e. The molecule has 1 fully saturated rings. The number of carbonyl (C=O) groups is 1. The monoisotopic (exact) mass is 633 g/mol. The first-order valence-electron chi connectivity index (χ1n) is 13.8. The molecule has 0 aliphatic carbocycles. The molecule has 3 aromatic heterocycles. The van der Waals surface area contributed by atoms with E-state index in [0.717, 1.165) is 44.5 Å². The van der Waals surface area contributed by atoms with Crippen LogP contribution in [0.15, 0.2) is 60.8 Å². The molecule has 5 aromatic rings. The lowest BCUT2D eigenvalue weighted by Gasteiger charge is -2.15. The number of benzene rings is 2. The molecule has 2 aromatic carbocycles. The Morgan fingerprint density at radius 1 is 1.09 bits per heavy atom. The lowest BCUT2D eigenvalue weighted by molar-refractivity contribution is -0.119. The number of nitrogen functional groups attached to an aromatic ring is 1. The van der Waals surface area contributed by atoms with Gasteiger partial charge in [0.1, 0.15) is 5.52 Å². The number of thiophene rings is 1. The number of nitrogens with one attached hydrogen (secondary N) is 2. The molecule has 1 saturated heterocycles. The second kappa shape index (κ2) is 12.5. The number of hydrogen-bond acceptors (Lipinski definition) is 8. The predicted octanol–water partition coefficient (Wildman–Crippen LogP) is 6.45. The molecule has 6 rings (SSSR count). The van der Waals surface area contributed by atoms with Crippen LogP contribution in [0.4, 0.5) is 5.69 Å². The van der Waals surface area contributed by atoms with E-state index in [1.54, 1.807) is 13.3 Å². The second-order valence-electron chi connectivity index (χ2n) is 10.3. The van der Waals surface area contributed by atoms with Gasteiger partial charge in [-0.25, -0.2) is 4.98 Å². The van der Waals surface area contributed by atoms with Gasteiger partial charge in [-0.15, -0.1) is 11.3 Å². The van der Waals surface area contributed by atoms with E-state index in [0.29, 0.717) is 57.2 Å². The van der Waals surface area contributed by atoms with Crippen LogP contribution in [0.2, 0.25) is 10.0 Å². The van der Waals surface area contributed by atoms with Crippen LogP contribution in [-0.4, -0.2) is 40.7 Å². The van der Waals surface area contributed by atoms with E-state index >= 15 is 0 Å². The predicted molar refractivity (Wildman–Crippen MR) is 174 cm³/mol. The van der Waals surface area contributed by atoms with Crippen molar-refractivity contribution < 1.29 is 14.6 Å². The molecular formula is C32H29Cl2N5O3S. The number of pyridine rings is 2. The van der Waals surface area contributed by atoms with Crippen LogP contribution in [0.5, 0.6) is 5.88 Å². The number of aliphatic hydroxyl groups is 1. The van der Waals surface area contributed by atoms with E-state index in [1.165, 1.54) is 11.3 Å². The standard InChI is InChI=1S/C32H29Cl2N5O3S/c1-42-32-17(13-36-15-19-9-11-27(41)38-19)8-10-24(39-32)23-7-3-6-22(29(23)34)21-5-2-4-20(28(21)33)18-12-25-31(37-14-18)30(35)26(16-40)43-25/h2-8,10,12,14,19,36,40H,9,11,13,15-16,35H2,1H3,(H,38,41). The molecule has 5 N–H and O–H groups in total. The van der Waals surface area contributed by atoms with Gasteiger partial charge in [0, 0.05) is 65.1 Å². The average Bonchev–Trinajstić information content (AvgIpc) is 3.59. The first-order chi connectivity index (χ1) is 20.9. The molecule has 0 spiro atoms. The number of methoxy groups -OCH3 is 1. The highest BCUT2D eigenvalue weighted by Crippen LogP contribution is 2.43. The van der Waals surface area contributed by atoms with Crippen LogP contribution in [0.3, 0.4) is 0 Å². The normalized spacial score (nSPS) is 14.8. The van der Waals surface area contributed by atoms with Crippen LogP contribution in [0.1, 0.15) is 23.3 Å². The molecule has 1 aliphatic rings. The van der Waals surface area contributed by atoms with Crippen LogP contribution in [-0.2, 0) is 17.9 Å². The second-order valence-corrected chi connectivity index (χ2v) is 12.2. The molecule has 1 atom stereocenters. The Balaban J connectivity index is 1.29. The number of rotatable bonds is 9. The zero-order chi connectivity index (χ0) is 30.1. The van der Waals surface area contributed by atoms with E-state index in [9.17, 15) is 9.90 Å². The van der Waals surface area contributed by atoms with Gasteiger partial charge in [-0.1, -0.05) is 65.7 Å². The third kappa shape index (κ3) is 5.79. The minimum absolute atomic E-state index is 0.0994. The van der Waals surface area contributed by atoms with Gasteiger partial charge >= 0.3 is 0 Å². The highest BCUT2D eigenvalue weighted by Gasteiger charge is 2.21. The van der Waals surface area contributed by atoms with Crippen LogP contribution in [0.25, 0.3) is 43.7 Å². The fourth-order valence-corrected chi connectivity index (χ4v) is 7.00. The Bertz CT molecular complexity index is 1840. The Hall–Kier alpha value is -3.73. The zero-order valence-electron chi connectivity index (χ0n) is 23.3. The van der Waals surface area contributed by atoms with Gasteiger partial charge in [0.05, 0.1) is 44.7 Å². The molecule has 0 bridgehead atoms. The molecule has 4 heterocycles. The number of fused-ring (bicyclic) bond motifs is 1. The number of nitrogens with zero attached hydrogens (tertiary/aromatic N) is 2. The fraction of sp³-hybridized carbons (Fsp3) is 0.219. The van der Waals surface area contributed by atoms with Gasteiger partial charge in [-0.05, 0) is 18.6 Å². The van der Waals surface area contributed by atoms with Crippen molar-refractivity contribution in [2.75, 3.05) is 19.4 Å². The van der Waals surface area contributed by atoms with Crippen molar-refractivity contribution in [3.8, 4) is 39.4 Å². The summed E-state index contributed by atoms with van der Waals surface area (Å²) in [5.41, 5.74) is 12.8. The number of aromatic nitrogens is 2. The van der Waals surface area contributed by atoms with Crippen molar-refractivity contribution in [1.29, 1.82) is 0 Å².